The predicted octanol–water partition coefficient (Wildman–Crippen LogP) is 1.21. The summed E-state index contributed by atoms with van der Waals surface area (Å²) in [6.45, 7) is 4.54. The van der Waals surface area contributed by atoms with Gasteiger partial charge in [-0.25, -0.2) is 5.84 Å². The van der Waals surface area contributed by atoms with Gasteiger partial charge in [-0.3, -0.25) is 5.43 Å². The number of nitrogens with zero attached hydrogens (tertiary/aromatic N) is 4. The summed E-state index contributed by atoms with van der Waals surface area (Å²) in [7, 11) is 3.78. The average Bonchev–Trinajstić information content (AvgIpc) is 2.68. The Bertz CT molecular complexity index is 444. The Kier molecular flexibility index (Phi) is 3.75. The van der Waals surface area contributed by atoms with Crippen LogP contribution in [0.1, 0.15) is 33.1 Å². The number of anilines is 3. The first kappa shape index (κ1) is 13.8. The van der Waals surface area contributed by atoms with E-state index in [2.05, 4.69) is 39.5 Å². The highest BCUT2D eigenvalue weighted by molar-refractivity contribution is 5.43. The van der Waals surface area contributed by atoms with Gasteiger partial charge in [0.25, 0.3) is 0 Å². The zero-order valence-electron chi connectivity index (χ0n) is 12.1. The fourth-order valence-corrected chi connectivity index (χ4v) is 2.44. The van der Waals surface area contributed by atoms with E-state index in [1.807, 2.05) is 19.0 Å². The molecule has 0 spiro atoms. The van der Waals surface area contributed by atoms with Crippen LogP contribution >= 0.6 is 0 Å². The van der Waals surface area contributed by atoms with E-state index in [1.54, 1.807) is 0 Å². The van der Waals surface area contributed by atoms with Crippen molar-refractivity contribution < 1.29 is 0 Å². The molecule has 106 valence electrons. The molecule has 1 fully saturated rings. The highest BCUT2D eigenvalue weighted by Crippen LogP contribution is 2.38. The smallest absolute Gasteiger partial charge is 0.243 e. The number of hydrogen-bond donors (Lipinski definition) is 3. The molecule has 1 aromatic rings. The number of aromatic nitrogens is 3. The molecule has 19 heavy (non-hydrogen) atoms. The third-order valence-electron chi connectivity index (χ3n) is 3.71. The van der Waals surface area contributed by atoms with Crippen molar-refractivity contribution in [3.05, 3.63) is 0 Å². The van der Waals surface area contributed by atoms with Gasteiger partial charge in [-0.15, -0.1) is 0 Å². The molecule has 0 saturated heterocycles. The van der Waals surface area contributed by atoms with Crippen molar-refractivity contribution in [3.63, 3.8) is 0 Å². The van der Waals surface area contributed by atoms with Crippen molar-refractivity contribution >= 4 is 17.8 Å². The van der Waals surface area contributed by atoms with Gasteiger partial charge in [0.1, 0.15) is 0 Å². The van der Waals surface area contributed by atoms with E-state index in [4.69, 9.17) is 5.84 Å². The second kappa shape index (κ2) is 5.16. The SMILES string of the molecule is CN(C)c1nc(NN)nc(NC2CCCC2(C)C)n1. The fraction of sp³-hybridized carbons (Fsp3) is 0.750. The van der Waals surface area contributed by atoms with Crippen molar-refractivity contribution in [2.75, 3.05) is 29.7 Å². The average molecular weight is 265 g/mol. The predicted molar refractivity (Wildman–Crippen MR) is 77.0 cm³/mol. The molecule has 1 atom stereocenters. The van der Waals surface area contributed by atoms with Crippen molar-refractivity contribution in [2.24, 2.45) is 11.3 Å². The summed E-state index contributed by atoms with van der Waals surface area (Å²) in [5.74, 6) is 6.93. The van der Waals surface area contributed by atoms with Crippen molar-refractivity contribution in [1.29, 1.82) is 0 Å². The molecular formula is C12H23N7. The van der Waals surface area contributed by atoms with Gasteiger partial charge in [0.05, 0.1) is 0 Å². The van der Waals surface area contributed by atoms with Crippen LogP contribution in [0.25, 0.3) is 0 Å². The maximum Gasteiger partial charge on any atom is 0.243 e. The molecule has 7 nitrogen and oxygen atoms in total. The van der Waals surface area contributed by atoms with Crippen molar-refractivity contribution in [3.8, 4) is 0 Å². The maximum atomic E-state index is 5.40. The molecule has 2 rings (SSSR count). The van der Waals surface area contributed by atoms with E-state index in [9.17, 15) is 0 Å². The molecule has 1 unspecified atom stereocenters. The Morgan fingerprint density at radius 3 is 2.42 bits per heavy atom. The third-order valence-corrected chi connectivity index (χ3v) is 3.71. The number of hydrazine groups is 1. The molecule has 1 aromatic heterocycles. The van der Waals surface area contributed by atoms with Gasteiger partial charge in [0, 0.05) is 20.1 Å². The Labute approximate surface area is 114 Å². The van der Waals surface area contributed by atoms with Crippen molar-refractivity contribution in [2.45, 2.75) is 39.2 Å². The topological polar surface area (TPSA) is 92.0 Å². The Balaban J connectivity index is 2.22. The summed E-state index contributed by atoms with van der Waals surface area (Å²) in [6, 6.07) is 0.385. The minimum atomic E-state index is 0.265. The standard InChI is InChI=1S/C12H23N7/c1-12(2)7-5-6-8(12)14-9-15-10(18-13)17-11(16-9)19(3)4/h8H,5-7,13H2,1-4H3,(H2,14,15,16,17,18). The lowest BCUT2D eigenvalue weighted by Gasteiger charge is -2.28. The molecule has 0 amide bonds. The number of nitrogens with two attached hydrogens (primary N) is 1. The van der Waals surface area contributed by atoms with Gasteiger partial charge in [-0.1, -0.05) is 20.3 Å². The van der Waals surface area contributed by atoms with Gasteiger partial charge in [0.2, 0.25) is 17.8 Å². The number of rotatable bonds is 4. The monoisotopic (exact) mass is 265 g/mol. The molecule has 0 aromatic carbocycles. The Morgan fingerprint density at radius 1 is 1.21 bits per heavy atom. The van der Waals surface area contributed by atoms with E-state index >= 15 is 0 Å². The van der Waals surface area contributed by atoms with Crippen molar-refractivity contribution in [1.82, 2.24) is 15.0 Å². The molecular weight excluding hydrogens is 242 g/mol. The second-order valence-electron chi connectivity index (χ2n) is 5.90. The minimum absolute atomic E-state index is 0.265. The summed E-state index contributed by atoms with van der Waals surface area (Å²) >= 11 is 0. The van der Waals surface area contributed by atoms with Crippen LogP contribution in [-0.4, -0.2) is 35.1 Å². The molecule has 0 aliphatic heterocycles. The lowest BCUT2D eigenvalue weighted by atomic mass is 9.87. The quantitative estimate of drug-likeness (QED) is 0.556. The molecule has 4 N–H and O–H groups in total. The van der Waals surface area contributed by atoms with Crippen LogP contribution in [0.15, 0.2) is 0 Å². The molecule has 0 radical (unpaired) electrons. The van der Waals surface area contributed by atoms with E-state index in [1.165, 1.54) is 12.8 Å². The molecule has 1 aliphatic carbocycles. The lowest BCUT2D eigenvalue weighted by Crippen LogP contribution is -2.32. The zero-order chi connectivity index (χ0) is 14.0. The minimum Gasteiger partial charge on any atom is -0.351 e. The number of nitrogen functional groups attached to an aromatic ring is 1. The molecule has 1 saturated carbocycles. The van der Waals surface area contributed by atoms with Crippen LogP contribution < -0.4 is 21.5 Å². The first-order valence-electron chi connectivity index (χ1n) is 6.59. The Morgan fingerprint density at radius 2 is 1.89 bits per heavy atom. The summed E-state index contributed by atoms with van der Waals surface area (Å²) < 4.78 is 0. The van der Waals surface area contributed by atoms with Gasteiger partial charge in [0.15, 0.2) is 0 Å². The first-order valence-corrected chi connectivity index (χ1v) is 6.59. The van der Waals surface area contributed by atoms with Crippen LogP contribution in [0.4, 0.5) is 17.8 Å². The van der Waals surface area contributed by atoms with E-state index < -0.39 is 0 Å². The van der Waals surface area contributed by atoms with Crippen LogP contribution in [0, 0.1) is 5.41 Å². The largest absolute Gasteiger partial charge is 0.351 e. The fourth-order valence-electron chi connectivity index (χ4n) is 2.44. The van der Waals surface area contributed by atoms with E-state index in [-0.39, 0.29) is 5.41 Å². The highest BCUT2D eigenvalue weighted by atomic mass is 15.4. The van der Waals surface area contributed by atoms with Gasteiger partial charge in [-0.2, -0.15) is 15.0 Å². The zero-order valence-corrected chi connectivity index (χ0v) is 12.1. The van der Waals surface area contributed by atoms with Gasteiger partial charge in [-0.05, 0) is 18.3 Å². The molecule has 1 heterocycles. The summed E-state index contributed by atoms with van der Waals surface area (Å²) in [5, 5.41) is 3.42. The lowest BCUT2D eigenvalue weighted by molar-refractivity contribution is 0.349. The maximum absolute atomic E-state index is 5.40. The van der Waals surface area contributed by atoms with Crippen LogP contribution in [0.2, 0.25) is 0 Å². The summed E-state index contributed by atoms with van der Waals surface area (Å²) in [5.41, 5.74) is 2.74. The highest BCUT2D eigenvalue weighted by Gasteiger charge is 2.34. The Hall–Kier alpha value is -1.63. The van der Waals surface area contributed by atoms with Crippen LogP contribution in [0.5, 0.6) is 0 Å². The number of nitrogens with one attached hydrogen (secondary N) is 2. The number of hydrogen-bond acceptors (Lipinski definition) is 7. The van der Waals surface area contributed by atoms with Gasteiger partial charge >= 0.3 is 0 Å². The van der Waals surface area contributed by atoms with Crippen LogP contribution in [-0.2, 0) is 0 Å². The van der Waals surface area contributed by atoms with Gasteiger partial charge < -0.3 is 10.2 Å². The van der Waals surface area contributed by atoms with E-state index in [0.717, 1.165) is 6.42 Å². The third kappa shape index (κ3) is 3.04. The normalized spacial score (nSPS) is 21.2. The second-order valence-corrected chi connectivity index (χ2v) is 5.90. The summed E-state index contributed by atoms with van der Waals surface area (Å²) in [4.78, 5) is 14.7. The van der Waals surface area contributed by atoms with E-state index in [0.29, 0.717) is 23.9 Å². The van der Waals surface area contributed by atoms with Crippen LogP contribution in [0.3, 0.4) is 0 Å². The summed E-state index contributed by atoms with van der Waals surface area (Å²) in [6.07, 6.45) is 3.60. The molecule has 0 bridgehead atoms. The first-order chi connectivity index (χ1) is 8.92. The molecule has 1 aliphatic rings. The molecule has 7 heteroatoms.